The van der Waals surface area contributed by atoms with Gasteiger partial charge in [0, 0.05) is 31.1 Å². The quantitative estimate of drug-likeness (QED) is 0.525. The zero-order valence-corrected chi connectivity index (χ0v) is 19.1. The molecular formula is C21H24ClN3O5S. The van der Waals surface area contributed by atoms with Crippen molar-refractivity contribution in [3.05, 3.63) is 62.2 Å². The van der Waals surface area contributed by atoms with Gasteiger partial charge in [0.25, 0.3) is 5.69 Å². The number of anilines is 1. The third-order valence-electron chi connectivity index (χ3n) is 5.51. The van der Waals surface area contributed by atoms with Crippen molar-refractivity contribution >= 4 is 38.9 Å². The monoisotopic (exact) mass is 465 g/mol. The largest absolute Gasteiger partial charge is 0.324 e. The van der Waals surface area contributed by atoms with E-state index < -0.39 is 14.9 Å². The molecule has 1 saturated heterocycles. The van der Waals surface area contributed by atoms with Crippen LogP contribution in [0.5, 0.6) is 0 Å². The van der Waals surface area contributed by atoms with Gasteiger partial charge >= 0.3 is 0 Å². The lowest BCUT2D eigenvalue weighted by Crippen LogP contribution is -2.41. The van der Waals surface area contributed by atoms with Crippen LogP contribution in [0.2, 0.25) is 5.02 Å². The molecule has 1 N–H and O–H groups in total. The number of sulfonamides is 1. The minimum absolute atomic E-state index is 0.0772. The van der Waals surface area contributed by atoms with Gasteiger partial charge in [0.1, 0.15) is 0 Å². The summed E-state index contributed by atoms with van der Waals surface area (Å²) in [7, 11) is -3.90. The van der Waals surface area contributed by atoms with Gasteiger partial charge in [-0.2, -0.15) is 4.31 Å². The van der Waals surface area contributed by atoms with Gasteiger partial charge in [-0.3, -0.25) is 14.9 Å². The molecule has 1 aliphatic rings. The Labute approximate surface area is 186 Å². The third kappa shape index (κ3) is 4.89. The number of benzene rings is 2. The fourth-order valence-electron chi connectivity index (χ4n) is 3.78. The van der Waals surface area contributed by atoms with Gasteiger partial charge < -0.3 is 5.32 Å². The maximum atomic E-state index is 13.1. The first kappa shape index (κ1) is 23.2. The molecule has 0 saturated carbocycles. The maximum absolute atomic E-state index is 13.1. The minimum Gasteiger partial charge on any atom is -0.324 e. The molecular weight excluding hydrogens is 442 g/mol. The van der Waals surface area contributed by atoms with Crippen molar-refractivity contribution in [1.82, 2.24) is 4.31 Å². The lowest BCUT2D eigenvalue weighted by Gasteiger charge is -2.31. The standard InChI is InChI=1S/C21H24ClN3O5S/c1-13-10-15(3)20(18(22)11-13)23-21(26)16-6-8-24(9-7-16)31(29,30)19-12-17(25(27)28)5-4-14(19)2/h4-5,10-12,16H,6-9H2,1-3H3,(H,23,26). The normalized spacial score (nSPS) is 15.6. The number of halogens is 1. The van der Waals surface area contributed by atoms with Gasteiger partial charge in [0.05, 0.1) is 20.5 Å². The molecule has 0 spiro atoms. The van der Waals surface area contributed by atoms with E-state index in [9.17, 15) is 23.3 Å². The molecule has 0 atom stereocenters. The first-order valence-corrected chi connectivity index (χ1v) is 11.7. The molecule has 0 radical (unpaired) electrons. The molecule has 3 rings (SSSR count). The van der Waals surface area contributed by atoms with Crippen LogP contribution in [0.25, 0.3) is 0 Å². The van der Waals surface area contributed by atoms with Crippen LogP contribution in [0.3, 0.4) is 0 Å². The fourth-order valence-corrected chi connectivity index (χ4v) is 5.86. The molecule has 1 amide bonds. The maximum Gasteiger partial charge on any atom is 0.270 e. The molecule has 2 aromatic carbocycles. The van der Waals surface area contributed by atoms with Gasteiger partial charge in [-0.1, -0.05) is 23.7 Å². The number of nitro benzene ring substituents is 1. The second kappa shape index (κ2) is 8.94. The molecule has 10 heteroatoms. The summed E-state index contributed by atoms with van der Waals surface area (Å²) in [4.78, 5) is 23.1. The van der Waals surface area contributed by atoms with Crippen LogP contribution in [0.15, 0.2) is 35.2 Å². The molecule has 8 nitrogen and oxygen atoms in total. The summed E-state index contributed by atoms with van der Waals surface area (Å²) >= 11 is 6.27. The lowest BCUT2D eigenvalue weighted by atomic mass is 9.97. The Hall–Kier alpha value is -2.49. The van der Waals surface area contributed by atoms with Crippen LogP contribution >= 0.6 is 11.6 Å². The molecule has 0 unspecified atom stereocenters. The van der Waals surface area contributed by atoms with E-state index >= 15 is 0 Å². The summed E-state index contributed by atoms with van der Waals surface area (Å²) in [5.41, 5.74) is 2.59. The molecule has 166 valence electrons. The fraction of sp³-hybridized carbons (Fsp3) is 0.381. The Morgan fingerprint density at radius 3 is 2.35 bits per heavy atom. The Kier molecular flexibility index (Phi) is 6.68. The van der Waals surface area contributed by atoms with Crippen LogP contribution in [0, 0.1) is 36.8 Å². The molecule has 2 aromatic rings. The van der Waals surface area contributed by atoms with Crippen LogP contribution in [0.4, 0.5) is 11.4 Å². The van der Waals surface area contributed by atoms with E-state index in [1.807, 2.05) is 19.9 Å². The molecule has 1 heterocycles. The summed E-state index contributed by atoms with van der Waals surface area (Å²) in [6.07, 6.45) is 0.698. The van der Waals surface area contributed by atoms with E-state index in [1.165, 1.54) is 16.4 Å². The highest BCUT2D eigenvalue weighted by molar-refractivity contribution is 7.89. The number of hydrogen-bond donors (Lipinski definition) is 1. The van der Waals surface area contributed by atoms with Gasteiger partial charge in [-0.25, -0.2) is 8.42 Å². The highest BCUT2D eigenvalue weighted by atomic mass is 35.5. The van der Waals surface area contributed by atoms with E-state index in [4.69, 9.17) is 11.6 Å². The second-order valence-electron chi connectivity index (χ2n) is 7.81. The Bertz CT molecular complexity index is 1120. The predicted molar refractivity (Wildman–Crippen MR) is 119 cm³/mol. The first-order chi connectivity index (χ1) is 14.5. The van der Waals surface area contributed by atoms with Crippen molar-refractivity contribution in [2.45, 2.75) is 38.5 Å². The van der Waals surface area contributed by atoms with Crippen LogP contribution in [-0.4, -0.2) is 36.6 Å². The van der Waals surface area contributed by atoms with Crippen LogP contribution in [-0.2, 0) is 14.8 Å². The SMILES string of the molecule is Cc1cc(C)c(NC(=O)C2CCN(S(=O)(=O)c3cc([N+](=O)[O-])ccc3C)CC2)c(Cl)c1. The summed E-state index contributed by atoms with van der Waals surface area (Å²) in [6, 6.07) is 7.51. The first-order valence-electron chi connectivity index (χ1n) is 9.83. The van der Waals surface area contributed by atoms with E-state index in [1.54, 1.807) is 13.0 Å². The molecule has 1 aliphatic heterocycles. The molecule has 31 heavy (non-hydrogen) atoms. The van der Waals surface area contributed by atoms with Crippen LogP contribution < -0.4 is 5.32 Å². The smallest absolute Gasteiger partial charge is 0.270 e. The van der Waals surface area contributed by atoms with Gasteiger partial charge in [-0.05, 0) is 56.4 Å². The highest BCUT2D eigenvalue weighted by Crippen LogP contribution is 2.31. The molecule has 0 aliphatic carbocycles. The number of aryl methyl sites for hydroxylation is 3. The Morgan fingerprint density at radius 1 is 1.13 bits per heavy atom. The number of nitrogens with zero attached hydrogens (tertiary/aromatic N) is 2. The summed E-state index contributed by atoms with van der Waals surface area (Å²) in [6.45, 7) is 5.70. The van der Waals surface area contributed by atoms with Crippen molar-refractivity contribution in [1.29, 1.82) is 0 Å². The molecule has 0 aromatic heterocycles. The van der Waals surface area contributed by atoms with E-state index in [2.05, 4.69) is 5.32 Å². The average Bonchev–Trinajstić information content (AvgIpc) is 2.70. The number of carbonyl (C=O) groups excluding carboxylic acids is 1. The van der Waals surface area contributed by atoms with E-state index in [-0.39, 0.29) is 35.5 Å². The number of amides is 1. The van der Waals surface area contributed by atoms with E-state index in [0.29, 0.717) is 29.1 Å². The second-order valence-corrected chi connectivity index (χ2v) is 10.1. The van der Waals surface area contributed by atoms with Crippen molar-refractivity contribution in [2.24, 2.45) is 5.92 Å². The van der Waals surface area contributed by atoms with Crippen molar-refractivity contribution in [3.8, 4) is 0 Å². The number of carbonyl (C=O) groups is 1. The number of piperidine rings is 1. The van der Waals surface area contributed by atoms with Gasteiger partial charge in [0.2, 0.25) is 15.9 Å². The summed E-state index contributed by atoms with van der Waals surface area (Å²) in [5, 5.41) is 14.4. The predicted octanol–water partition coefficient (Wildman–Crippen LogP) is 4.21. The van der Waals surface area contributed by atoms with Crippen molar-refractivity contribution in [3.63, 3.8) is 0 Å². The number of nitro groups is 1. The average molecular weight is 466 g/mol. The zero-order chi connectivity index (χ0) is 22.9. The molecule has 1 fully saturated rings. The number of nitrogens with one attached hydrogen (secondary N) is 1. The van der Waals surface area contributed by atoms with Crippen molar-refractivity contribution in [2.75, 3.05) is 18.4 Å². The topological polar surface area (TPSA) is 110 Å². The van der Waals surface area contributed by atoms with E-state index in [0.717, 1.165) is 17.2 Å². The minimum atomic E-state index is -3.90. The Morgan fingerprint density at radius 2 is 1.77 bits per heavy atom. The lowest BCUT2D eigenvalue weighted by molar-refractivity contribution is -0.385. The van der Waals surface area contributed by atoms with Gasteiger partial charge in [-0.15, -0.1) is 0 Å². The number of non-ortho nitro benzene ring substituents is 1. The highest BCUT2D eigenvalue weighted by Gasteiger charge is 2.34. The number of rotatable bonds is 5. The van der Waals surface area contributed by atoms with Crippen LogP contribution in [0.1, 0.15) is 29.5 Å². The molecule has 0 bridgehead atoms. The van der Waals surface area contributed by atoms with Crippen molar-refractivity contribution < 1.29 is 18.1 Å². The summed E-state index contributed by atoms with van der Waals surface area (Å²) < 4.78 is 27.4. The number of hydrogen-bond acceptors (Lipinski definition) is 5. The zero-order valence-electron chi connectivity index (χ0n) is 17.5. The van der Waals surface area contributed by atoms with Gasteiger partial charge in [0.15, 0.2) is 0 Å². The summed E-state index contributed by atoms with van der Waals surface area (Å²) in [5.74, 6) is -0.549. The Balaban J connectivity index is 1.71. The third-order valence-corrected chi connectivity index (χ3v) is 7.84.